The highest BCUT2D eigenvalue weighted by atomic mass is 32.2. The maximum Gasteiger partial charge on any atom is 0.297 e. The van der Waals surface area contributed by atoms with Gasteiger partial charge in [0.25, 0.3) is 15.8 Å². The van der Waals surface area contributed by atoms with E-state index in [0.29, 0.717) is 6.61 Å². The monoisotopic (exact) mass is 287 g/mol. The topological polar surface area (TPSA) is 95.7 Å². The molecule has 0 aromatic heterocycles. The van der Waals surface area contributed by atoms with E-state index < -0.39 is 15.0 Å². The van der Waals surface area contributed by atoms with E-state index >= 15 is 0 Å². The lowest BCUT2D eigenvalue weighted by molar-refractivity contribution is -0.384. The Balaban J connectivity index is 2.03. The molecule has 1 atom stereocenters. The maximum atomic E-state index is 11.8. The summed E-state index contributed by atoms with van der Waals surface area (Å²) in [5.74, 6) is 0. The molecule has 1 aromatic rings. The molecule has 1 aliphatic heterocycles. The molecular formula is C11H13NO6S. The molecule has 19 heavy (non-hydrogen) atoms. The molecule has 0 unspecified atom stereocenters. The van der Waals surface area contributed by atoms with Crippen LogP contribution in [0.2, 0.25) is 0 Å². The molecule has 0 aliphatic carbocycles. The van der Waals surface area contributed by atoms with Crippen molar-refractivity contribution in [1.29, 1.82) is 0 Å². The van der Waals surface area contributed by atoms with Gasteiger partial charge in [-0.3, -0.25) is 14.3 Å². The Labute approximate surface area is 110 Å². The summed E-state index contributed by atoms with van der Waals surface area (Å²) in [5.41, 5.74) is -0.168. The molecule has 0 N–H and O–H groups in total. The first-order valence-corrected chi connectivity index (χ1v) is 7.15. The molecule has 0 saturated carbocycles. The fourth-order valence-corrected chi connectivity index (χ4v) is 2.68. The number of rotatable bonds is 5. The highest BCUT2D eigenvalue weighted by Crippen LogP contribution is 2.19. The number of hydrogen-bond donors (Lipinski definition) is 0. The Hall–Kier alpha value is -1.51. The average Bonchev–Trinajstić information content (AvgIpc) is 2.90. The Bertz CT molecular complexity index is 547. The molecule has 8 heteroatoms. The first-order valence-electron chi connectivity index (χ1n) is 5.74. The van der Waals surface area contributed by atoms with Gasteiger partial charge in [0, 0.05) is 18.7 Å². The van der Waals surface area contributed by atoms with E-state index in [1.807, 2.05) is 0 Å². The van der Waals surface area contributed by atoms with Crippen molar-refractivity contribution >= 4 is 15.8 Å². The summed E-state index contributed by atoms with van der Waals surface area (Å²) in [7, 11) is -3.89. The zero-order chi connectivity index (χ0) is 13.9. The SMILES string of the molecule is O=[N+]([O-])c1ccc(S(=O)(=O)OC[C@H]2CCCO2)cc1. The van der Waals surface area contributed by atoms with Gasteiger partial charge in [0.15, 0.2) is 0 Å². The van der Waals surface area contributed by atoms with E-state index in [9.17, 15) is 18.5 Å². The summed E-state index contributed by atoms with van der Waals surface area (Å²) in [6.45, 7) is 0.588. The van der Waals surface area contributed by atoms with E-state index in [2.05, 4.69) is 0 Å². The molecule has 1 heterocycles. The van der Waals surface area contributed by atoms with Crippen molar-refractivity contribution in [1.82, 2.24) is 0 Å². The van der Waals surface area contributed by atoms with Gasteiger partial charge in [0.2, 0.25) is 0 Å². The smallest absolute Gasteiger partial charge is 0.297 e. The third-order valence-electron chi connectivity index (χ3n) is 2.77. The second-order valence-electron chi connectivity index (χ2n) is 4.12. The van der Waals surface area contributed by atoms with E-state index in [-0.39, 0.29) is 23.3 Å². The minimum Gasteiger partial charge on any atom is -0.376 e. The van der Waals surface area contributed by atoms with Crippen LogP contribution in [0, 0.1) is 10.1 Å². The van der Waals surface area contributed by atoms with Gasteiger partial charge in [-0.2, -0.15) is 8.42 Å². The van der Waals surface area contributed by atoms with Crippen LogP contribution in [-0.2, 0) is 19.0 Å². The fourth-order valence-electron chi connectivity index (χ4n) is 1.74. The molecule has 1 saturated heterocycles. The second kappa shape index (κ2) is 5.64. The van der Waals surface area contributed by atoms with Crippen LogP contribution in [0.4, 0.5) is 5.69 Å². The number of benzene rings is 1. The summed E-state index contributed by atoms with van der Waals surface area (Å²) in [5, 5.41) is 10.5. The van der Waals surface area contributed by atoms with Crippen molar-refractivity contribution in [3.8, 4) is 0 Å². The van der Waals surface area contributed by atoms with Crippen LogP contribution in [0.15, 0.2) is 29.2 Å². The van der Waals surface area contributed by atoms with Crippen molar-refractivity contribution in [2.45, 2.75) is 23.8 Å². The van der Waals surface area contributed by atoms with Crippen molar-refractivity contribution in [2.75, 3.05) is 13.2 Å². The lowest BCUT2D eigenvalue weighted by atomic mass is 10.2. The number of nitro groups is 1. The van der Waals surface area contributed by atoms with Crippen molar-refractivity contribution < 1.29 is 22.3 Å². The summed E-state index contributed by atoms with van der Waals surface area (Å²) in [4.78, 5) is 9.78. The van der Waals surface area contributed by atoms with Crippen LogP contribution in [0.5, 0.6) is 0 Å². The maximum absolute atomic E-state index is 11.8. The number of ether oxygens (including phenoxy) is 1. The Morgan fingerprint density at radius 1 is 1.37 bits per heavy atom. The first-order chi connectivity index (χ1) is 8.99. The van der Waals surface area contributed by atoms with Gasteiger partial charge in [0.05, 0.1) is 22.5 Å². The quantitative estimate of drug-likeness (QED) is 0.462. The minimum atomic E-state index is -3.89. The van der Waals surface area contributed by atoms with Crippen molar-refractivity contribution in [3.63, 3.8) is 0 Å². The first kappa shape index (κ1) is 13.9. The van der Waals surface area contributed by atoms with Gasteiger partial charge >= 0.3 is 0 Å². The largest absolute Gasteiger partial charge is 0.376 e. The normalized spacial score (nSPS) is 19.5. The molecule has 7 nitrogen and oxygen atoms in total. The van der Waals surface area contributed by atoms with Crippen LogP contribution in [0.25, 0.3) is 0 Å². The molecular weight excluding hydrogens is 274 g/mol. The van der Waals surface area contributed by atoms with Crippen molar-refractivity contribution in [3.05, 3.63) is 34.4 Å². The number of hydrogen-bond acceptors (Lipinski definition) is 6. The molecule has 0 radical (unpaired) electrons. The van der Waals surface area contributed by atoms with Crippen LogP contribution in [0.3, 0.4) is 0 Å². The average molecular weight is 287 g/mol. The fraction of sp³-hybridized carbons (Fsp3) is 0.455. The highest BCUT2D eigenvalue weighted by Gasteiger charge is 2.22. The predicted octanol–water partition coefficient (Wildman–Crippen LogP) is 1.48. The van der Waals surface area contributed by atoms with E-state index in [1.165, 1.54) is 0 Å². The molecule has 0 bridgehead atoms. The van der Waals surface area contributed by atoms with Crippen LogP contribution >= 0.6 is 0 Å². The van der Waals surface area contributed by atoms with Gasteiger partial charge in [-0.1, -0.05) is 0 Å². The van der Waals surface area contributed by atoms with Gasteiger partial charge in [0.1, 0.15) is 0 Å². The third-order valence-corrected chi connectivity index (χ3v) is 4.07. The van der Waals surface area contributed by atoms with Crippen LogP contribution in [-0.4, -0.2) is 32.7 Å². The van der Waals surface area contributed by atoms with E-state index in [0.717, 1.165) is 37.1 Å². The van der Waals surface area contributed by atoms with Gasteiger partial charge < -0.3 is 4.74 Å². The summed E-state index contributed by atoms with van der Waals surface area (Å²) in [6.07, 6.45) is 1.47. The number of nitrogens with zero attached hydrogens (tertiary/aromatic N) is 1. The molecule has 0 spiro atoms. The van der Waals surface area contributed by atoms with Crippen LogP contribution in [0.1, 0.15) is 12.8 Å². The summed E-state index contributed by atoms with van der Waals surface area (Å²) >= 11 is 0. The summed E-state index contributed by atoms with van der Waals surface area (Å²) < 4.78 is 33.8. The molecule has 1 aromatic carbocycles. The zero-order valence-corrected chi connectivity index (χ0v) is 10.8. The Morgan fingerprint density at radius 3 is 2.58 bits per heavy atom. The van der Waals surface area contributed by atoms with E-state index in [1.54, 1.807) is 0 Å². The van der Waals surface area contributed by atoms with Gasteiger partial charge in [-0.05, 0) is 25.0 Å². The predicted molar refractivity (Wildman–Crippen MR) is 65.2 cm³/mol. The van der Waals surface area contributed by atoms with Crippen molar-refractivity contribution in [2.24, 2.45) is 0 Å². The molecule has 2 rings (SSSR count). The molecule has 1 aliphatic rings. The highest BCUT2D eigenvalue weighted by molar-refractivity contribution is 7.86. The number of nitro benzene ring substituents is 1. The third kappa shape index (κ3) is 3.49. The van der Waals surface area contributed by atoms with Crippen LogP contribution < -0.4 is 0 Å². The standard InChI is InChI=1S/C11H13NO6S/c13-12(14)9-3-5-11(6-4-9)19(15,16)18-8-10-2-1-7-17-10/h3-6,10H,1-2,7-8H2/t10-/m1/s1. The minimum absolute atomic E-state index is 0.0285. The molecule has 0 amide bonds. The zero-order valence-electron chi connectivity index (χ0n) is 10.0. The second-order valence-corrected chi connectivity index (χ2v) is 5.74. The lowest BCUT2D eigenvalue weighted by Gasteiger charge is -2.10. The van der Waals surface area contributed by atoms with E-state index in [4.69, 9.17) is 8.92 Å². The summed E-state index contributed by atoms with van der Waals surface area (Å²) in [6, 6.07) is 4.57. The molecule has 1 fully saturated rings. The lowest BCUT2D eigenvalue weighted by Crippen LogP contribution is -2.18. The Morgan fingerprint density at radius 2 is 2.05 bits per heavy atom. The Kier molecular flexibility index (Phi) is 4.13. The molecule has 104 valence electrons. The van der Waals surface area contributed by atoms with Gasteiger partial charge in [-0.15, -0.1) is 0 Å². The number of non-ortho nitro benzene ring substituents is 1. The van der Waals surface area contributed by atoms with Gasteiger partial charge in [-0.25, -0.2) is 0 Å².